The number of ketones is 1. The third-order valence-electron chi connectivity index (χ3n) is 4.57. The van der Waals surface area contributed by atoms with Crippen LogP contribution in [0.2, 0.25) is 0 Å². The van der Waals surface area contributed by atoms with Crippen molar-refractivity contribution in [1.82, 2.24) is 4.68 Å². The second-order valence-corrected chi connectivity index (χ2v) is 6.22. The van der Waals surface area contributed by atoms with Crippen LogP contribution in [-0.2, 0) is 9.53 Å². The number of nitrogens with two attached hydrogens (primary N) is 1. The molecule has 0 fully saturated rings. The molecule has 0 bridgehead atoms. The first-order valence-corrected chi connectivity index (χ1v) is 8.90. The number of esters is 1. The van der Waals surface area contributed by atoms with Crippen molar-refractivity contribution in [3.63, 3.8) is 0 Å². The summed E-state index contributed by atoms with van der Waals surface area (Å²) >= 11 is 0. The van der Waals surface area contributed by atoms with Crippen LogP contribution in [0.5, 0.6) is 5.75 Å². The molecule has 6 heteroatoms. The van der Waals surface area contributed by atoms with Crippen molar-refractivity contribution in [3.05, 3.63) is 66.0 Å². The van der Waals surface area contributed by atoms with Crippen LogP contribution >= 0.6 is 0 Å². The first kappa shape index (κ1) is 19.2. The van der Waals surface area contributed by atoms with Crippen LogP contribution in [0.3, 0.4) is 0 Å². The van der Waals surface area contributed by atoms with Crippen molar-refractivity contribution in [2.45, 2.75) is 13.8 Å². The van der Waals surface area contributed by atoms with Crippen molar-refractivity contribution < 1.29 is 19.1 Å². The zero-order valence-electron chi connectivity index (χ0n) is 16.1. The maximum atomic E-state index is 12.8. The Labute approximate surface area is 163 Å². The predicted molar refractivity (Wildman–Crippen MR) is 108 cm³/mol. The second kappa shape index (κ2) is 8.00. The minimum absolute atomic E-state index is 0.0851. The lowest BCUT2D eigenvalue weighted by Crippen LogP contribution is -2.24. The van der Waals surface area contributed by atoms with Gasteiger partial charge < -0.3 is 15.3 Å². The Morgan fingerprint density at radius 1 is 1.04 bits per heavy atom. The lowest BCUT2D eigenvalue weighted by Gasteiger charge is -2.12. The van der Waals surface area contributed by atoms with E-state index in [1.54, 1.807) is 20.2 Å². The van der Waals surface area contributed by atoms with E-state index in [1.165, 1.54) is 4.68 Å². The molecule has 2 N–H and O–H groups in total. The van der Waals surface area contributed by atoms with E-state index in [9.17, 15) is 9.59 Å². The Bertz CT molecular complexity index is 1020. The summed E-state index contributed by atoms with van der Waals surface area (Å²) in [6, 6.07) is 15.0. The van der Waals surface area contributed by atoms with Crippen molar-refractivity contribution in [1.29, 1.82) is 0 Å². The van der Waals surface area contributed by atoms with Gasteiger partial charge in [0.25, 0.3) is 5.78 Å². The van der Waals surface area contributed by atoms with Gasteiger partial charge in [-0.3, -0.25) is 9.47 Å². The molecule has 28 heavy (non-hydrogen) atoms. The normalized spacial score (nSPS) is 10.5. The molecule has 0 saturated heterocycles. The quantitative estimate of drug-likeness (QED) is 0.307. The largest absolute Gasteiger partial charge is 0.496 e. The van der Waals surface area contributed by atoms with Gasteiger partial charge in [-0.05, 0) is 36.6 Å². The van der Waals surface area contributed by atoms with Crippen LogP contribution in [0, 0.1) is 6.92 Å². The third-order valence-corrected chi connectivity index (χ3v) is 4.57. The number of carbonyl (C=O) groups excluding carboxylic acids is 2. The maximum Gasteiger partial charge on any atom is 0.381 e. The number of hydrogen-bond acceptors (Lipinski definition) is 5. The number of nitrogen functional groups attached to an aromatic ring is 1. The first-order valence-electron chi connectivity index (χ1n) is 8.90. The maximum absolute atomic E-state index is 12.8. The van der Waals surface area contributed by atoms with Gasteiger partial charge in [0.05, 0.1) is 13.7 Å². The lowest BCUT2D eigenvalue weighted by atomic mass is 9.93. The summed E-state index contributed by atoms with van der Waals surface area (Å²) in [5.74, 6) is 5.14. The zero-order chi connectivity index (χ0) is 20.3. The van der Waals surface area contributed by atoms with Gasteiger partial charge in [-0.25, -0.2) is 4.79 Å². The zero-order valence-corrected chi connectivity index (χ0v) is 16.1. The summed E-state index contributed by atoms with van der Waals surface area (Å²) in [4.78, 5) is 24.9. The molecule has 0 amide bonds. The number of benzene rings is 2. The Balaban J connectivity index is 2.30. The first-order chi connectivity index (χ1) is 13.5. The average Bonchev–Trinajstić information content (AvgIpc) is 3.05. The summed E-state index contributed by atoms with van der Waals surface area (Å²) in [5.41, 5.74) is 3.94. The molecule has 3 rings (SSSR count). The molecule has 1 heterocycles. The summed E-state index contributed by atoms with van der Waals surface area (Å²) in [6.45, 7) is 3.69. The molecular formula is C22H22N2O4. The van der Waals surface area contributed by atoms with E-state index in [4.69, 9.17) is 15.3 Å². The van der Waals surface area contributed by atoms with Crippen LogP contribution < -0.4 is 10.6 Å². The van der Waals surface area contributed by atoms with Gasteiger partial charge in [-0.2, -0.15) is 0 Å². The Hall–Kier alpha value is -3.54. The van der Waals surface area contributed by atoms with E-state index in [0.717, 1.165) is 28.0 Å². The molecule has 2 aromatic carbocycles. The minimum atomic E-state index is -0.932. The highest BCUT2D eigenvalue weighted by atomic mass is 16.5. The van der Waals surface area contributed by atoms with Crippen molar-refractivity contribution in [3.8, 4) is 28.0 Å². The Morgan fingerprint density at radius 3 is 2.39 bits per heavy atom. The highest BCUT2D eigenvalue weighted by molar-refractivity contribution is 6.41. The van der Waals surface area contributed by atoms with Crippen LogP contribution in [0.1, 0.15) is 23.0 Å². The standard InChI is InChI=1S/C22H22N2O4/c1-4-28-22(26)21(25)20-19(15-9-6-5-7-10-15)17(13-24(20)23)16-11-8-12-18(27-3)14(16)2/h5-13H,4,23H2,1-3H3. The van der Waals surface area contributed by atoms with E-state index >= 15 is 0 Å². The number of ether oxygens (including phenoxy) is 2. The third kappa shape index (κ3) is 3.36. The molecule has 0 unspecified atom stereocenters. The van der Waals surface area contributed by atoms with Crippen molar-refractivity contribution in [2.75, 3.05) is 19.6 Å². The van der Waals surface area contributed by atoms with Crippen LogP contribution in [0.4, 0.5) is 0 Å². The van der Waals surface area contributed by atoms with Crippen molar-refractivity contribution in [2.24, 2.45) is 0 Å². The van der Waals surface area contributed by atoms with Gasteiger partial charge in [-0.1, -0.05) is 42.5 Å². The summed E-state index contributed by atoms with van der Waals surface area (Å²) in [5, 5.41) is 0. The number of nitrogens with zero attached hydrogens (tertiary/aromatic N) is 1. The number of Topliss-reactive ketones (excluding diaryl/α,β-unsaturated/α-hetero) is 1. The molecule has 1 aromatic heterocycles. The van der Waals surface area contributed by atoms with E-state index in [-0.39, 0.29) is 12.3 Å². The lowest BCUT2D eigenvalue weighted by molar-refractivity contribution is -0.137. The number of rotatable bonds is 6. The van der Waals surface area contributed by atoms with Gasteiger partial charge in [0, 0.05) is 17.3 Å². The highest BCUT2D eigenvalue weighted by Gasteiger charge is 2.29. The van der Waals surface area contributed by atoms with Gasteiger partial charge in [0.2, 0.25) is 0 Å². The smallest absolute Gasteiger partial charge is 0.381 e. The summed E-state index contributed by atoms with van der Waals surface area (Å²) in [6.07, 6.45) is 1.65. The van der Waals surface area contributed by atoms with Crippen LogP contribution in [-0.4, -0.2) is 30.1 Å². The highest BCUT2D eigenvalue weighted by Crippen LogP contribution is 2.39. The molecule has 0 saturated carbocycles. The molecule has 0 spiro atoms. The van der Waals surface area contributed by atoms with E-state index in [0.29, 0.717) is 5.56 Å². The fraction of sp³-hybridized carbons (Fsp3) is 0.182. The van der Waals surface area contributed by atoms with Crippen molar-refractivity contribution >= 4 is 11.8 Å². The number of methoxy groups -OCH3 is 1. The average molecular weight is 378 g/mol. The molecule has 0 aliphatic rings. The molecule has 0 aliphatic carbocycles. The number of hydrogen-bond donors (Lipinski definition) is 1. The second-order valence-electron chi connectivity index (χ2n) is 6.22. The number of carbonyl (C=O) groups is 2. The van der Waals surface area contributed by atoms with E-state index < -0.39 is 11.8 Å². The van der Waals surface area contributed by atoms with Gasteiger partial charge in [-0.15, -0.1) is 0 Å². The topological polar surface area (TPSA) is 83.6 Å². The molecule has 0 radical (unpaired) electrons. The SMILES string of the molecule is CCOC(=O)C(=O)c1c(-c2ccccc2)c(-c2cccc(OC)c2C)cn1N. The molecular weight excluding hydrogens is 356 g/mol. The van der Waals surface area contributed by atoms with E-state index in [1.807, 2.05) is 55.5 Å². The predicted octanol–water partition coefficient (Wildman–Crippen LogP) is 3.60. The van der Waals surface area contributed by atoms with E-state index in [2.05, 4.69) is 0 Å². The fourth-order valence-corrected chi connectivity index (χ4v) is 3.28. The molecule has 6 nitrogen and oxygen atoms in total. The Kier molecular flexibility index (Phi) is 5.49. The van der Waals surface area contributed by atoms with Crippen LogP contribution in [0.15, 0.2) is 54.7 Å². The minimum Gasteiger partial charge on any atom is -0.496 e. The monoisotopic (exact) mass is 378 g/mol. The Morgan fingerprint density at radius 2 is 1.75 bits per heavy atom. The fourth-order valence-electron chi connectivity index (χ4n) is 3.28. The molecule has 3 aromatic rings. The molecule has 0 atom stereocenters. The molecule has 0 aliphatic heterocycles. The molecule has 144 valence electrons. The van der Waals surface area contributed by atoms with Gasteiger partial charge in [0.1, 0.15) is 11.4 Å². The van der Waals surface area contributed by atoms with Gasteiger partial charge >= 0.3 is 5.97 Å². The van der Waals surface area contributed by atoms with Gasteiger partial charge in [0.15, 0.2) is 0 Å². The summed E-state index contributed by atoms with van der Waals surface area (Å²) in [7, 11) is 1.61. The number of aromatic nitrogens is 1. The van der Waals surface area contributed by atoms with Crippen LogP contribution in [0.25, 0.3) is 22.3 Å². The summed E-state index contributed by atoms with van der Waals surface area (Å²) < 4.78 is 11.5.